The van der Waals surface area contributed by atoms with Crippen LogP contribution in [0.3, 0.4) is 0 Å². The molecule has 0 amide bonds. The number of ether oxygens (including phenoxy) is 2. The van der Waals surface area contributed by atoms with E-state index in [2.05, 4.69) is 9.47 Å². The van der Waals surface area contributed by atoms with Crippen LogP contribution in [0.2, 0.25) is 0 Å². The summed E-state index contributed by atoms with van der Waals surface area (Å²) in [5.74, 6) is -7.13. The number of hydrogen-bond acceptors (Lipinski definition) is 3. The normalized spacial score (nSPS) is 22.8. The SMILES string of the molecule is CCC(C)OC(C1CCC(C(OC(C)=O)(C(F)(F)F)C(F)(F)F)CC1)(C(F)(F)F)C(F)(F)F. The van der Waals surface area contributed by atoms with Crippen LogP contribution in [0, 0.1) is 11.8 Å². The molecule has 0 aromatic carbocycles. The van der Waals surface area contributed by atoms with E-state index >= 15 is 0 Å². The van der Waals surface area contributed by atoms with Crippen LogP contribution in [0.5, 0.6) is 0 Å². The highest BCUT2D eigenvalue weighted by Gasteiger charge is 2.79. The largest absolute Gasteiger partial charge is 0.439 e. The van der Waals surface area contributed by atoms with Gasteiger partial charge in [0, 0.05) is 18.8 Å². The maximum atomic E-state index is 13.8. The Labute approximate surface area is 180 Å². The molecule has 1 saturated carbocycles. The van der Waals surface area contributed by atoms with Gasteiger partial charge in [-0.15, -0.1) is 0 Å². The van der Waals surface area contributed by atoms with Gasteiger partial charge in [-0.2, -0.15) is 52.7 Å². The monoisotopic (exact) mass is 514 g/mol. The Hall–Kier alpha value is -1.41. The highest BCUT2D eigenvalue weighted by atomic mass is 19.4. The first-order valence-electron chi connectivity index (χ1n) is 9.72. The molecule has 0 spiro atoms. The molecule has 1 rings (SSSR count). The lowest BCUT2D eigenvalue weighted by atomic mass is 9.67. The first-order valence-corrected chi connectivity index (χ1v) is 9.72. The van der Waals surface area contributed by atoms with Gasteiger partial charge in [0.25, 0.3) is 5.60 Å². The first-order chi connectivity index (χ1) is 14.6. The summed E-state index contributed by atoms with van der Waals surface area (Å²) < 4.78 is 172. The second kappa shape index (κ2) is 9.33. The van der Waals surface area contributed by atoms with Crippen LogP contribution in [0.4, 0.5) is 52.7 Å². The van der Waals surface area contributed by atoms with Gasteiger partial charge in [0.05, 0.1) is 6.10 Å². The van der Waals surface area contributed by atoms with Crippen LogP contribution in [0.15, 0.2) is 0 Å². The van der Waals surface area contributed by atoms with Gasteiger partial charge in [-0.05, 0) is 39.0 Å². The molecule has 196 valence electrons. The quantitative estimate of drug-likeness (QED) is 0.286. The lowest BCUT2D eigenvalue weighted by molar-refractivity contribution is -0.412. The number of alkyl halides is 12. The molecular weight excluding hydrogens is 492 g/mol. The molecule has 0 radical (unpaired) electrons. The minimum Gasteiger partial charge on any atom is -0.439 e. The Kier molecular flexibility index (Phi) is 8.37. The van der Waals surface area contributed by atoms with Gasteiger partial charge >= 0.3 is 36.3 Å². The highest BCUT2D eigenvalue weighted by Crippen LogP contribution is 2.59. The van der Waals surface area contributed by atoms with E-state index in [1.54, 1.807) is 0 Å². The van der Waals surface area contributed by atoms with Crippen LogP contribution in [-0.4, -0.2) is 48.0 Å². The Morgan fingerprint density at radius 3 is 1.27 bits per heavy atom. The maximum Gasteiger partial charge on any atom is 0.437 e. The molecule has 0 aromatic rings. The number of hydrogen-bond donors (Lipinski definition) is 0. The van der Waals surface area contributed by atoms with Crippen molar-refractivity contribution in [2.24, 2.45) is 11.8 Å². The summed E-state index contributed by atoms with van der Waals surface area (Å²) in [6, 6.07) is 0. The Balaban J connectivity index is 3.49. The summed E-state index contributed by atoms with van der Waals surface area (Å²) in [5.41, 5.74) is -9.87. The third kappa shape index (κ3) is 5.31. The number of esters is 1. The fourth-order valence-corrected chi connectivity index (χ4v) is 4.21. The zero-order valence-corrected chi connectivity index (χ0v) is 17.5. The predicted molar refractivity (Wildman–Crippen MR) is 87.7 cm³/mol. The molecule has 0 bridgehead atoms. The lowest BCUT2D eigenvalue weighted by Crippen LogP contribution is -2.67. The Bertz CT molecular complexity index is 641. The van der Waals surface area contributed by atoms with E-state index in [4.69, 9.17) is 0 Å². The van der Waals surface area contributed by atoms with Gasteiger partial charge in [0.2, 0.25) is 0 Å². The summed E-state index contributed by atoms with van der Waals surface area (Å²) in [5, 5.41) is 0. The van der Waals surface area contributed by atoms with Crippen molar-refractivity contribution in [2.75, 3.05) is 0 Å². The molecule has 1 aliphatic carbocycles. The molecule has 3 nitrogen and oxygen atoms in total. The van der Waals surface area contributed by atoms with Crippen molar-refractivity contribution in [3.8, 4) is 0 Å². The molecule has 1 fully saturated rings. The van der Waals surface area contributed by atoms with E-state index in [9.17, 15) is 57.5 Å². The van der Waals surface area contributed by atoms with E-state index in [0.29, 0.717) is 0 Å². The summed E-state index contributed by atoms with van der Waals surface area (Å²) in [4.78, 5) is 11.1. The molecule has 0 aliphatic heterocycles. The fraction of sp³-hybridized carbons (Fsp3) is 0.944. The van der Waals surface area contributed by atoms with Gasteiger partial charge in [-0.3, -0.25) is 4.79 Å². The lowest BCUT2D eigenvalue weighted by Gasteiger charge is -2.49. The first kappa shape index (κ1) is 29.6. The van der Waals surface area contributed by atoms with Gasteiger partial charge in [0.15, 0.2) is 0 Å². The number of carbonyl (C=O) groups excluding carboxylic acids is 1. The van der Waals surface area contributed by atoms with E-state index in [1.165, 1.54) is 6.92 Å². The molecule has 1 atom stereocenters. The van der Waals surface area contributed by atoms with Crippen molar-refractivity contribution >= 4 is 5.97 Å². The van der Waals surface area contributed by atoms with Crippen molar-refractivity contribution in [3.05, 3.63) is 0 Å². The number of carbonyl (C=O) groups is 1. The van der Waals surface area contributed by atoms with E-state index in [1.807, 2.05) is 0 Å². The summed E-state index contributed by atoms with van der Waals surface area (Å²) in [6.07, 6.45) is -31.9. The zero-order valence-electron chi connectivity index (χ0n) is 17.5. The standard InChI is InChI=1S/C18H22F12O3/c1-4-9(2)32-13(15(19,20)21,16(22,23)24)11-5-7-12(8-6-11)14(17(25,26)27,18(28,29)30)33-10(3)31/h9,11-12H,4-8H2,1-3H3. The second-order valence-electron chi connectivity index (χ2n) is 7.94. The molecule has 1 unspecified atom stereocenters. The molecule has 0 saturated heterocycles. The van der Waals surface area contributed by atoms with E-state index < -0.39 is 85.5 Å². The Morgan fingerprint density at radius 2 is 1.03 bits per heavy atom. The molecule has 0 aromatic heterocycles. The van der Waals surface area contributed by atoms with Crippen molar-refractivity contribution in [1.82, 2.24) is 0 Å². The molecule has 1 aliphatic rings. The fourth-order valence-electron chi connectivity index (χ4n) is 4.21. The minimum absolute atomic E-state index is 0.274. The second-order valence-corrected chi connectivity index (χ2v) is 7.94. The van der Waals surface area contributed by atoms with Gasteiger partial charge < -0.3 is 9.47 Å². The highest BCUT2D eigenvalue weighted by molar-refractivity contribution is 5.67. The molecule has 0 heterocycles. The van der Waals surface area contributed by atoms with Crippen LogP contribution >= 0.6 is 0 Å². The van der Waals surface area contributed by atoms with Gasteiger partial charge in [-0.1, -0.05) is 6.92 Å². The van der Waals surface area contributed by atoms with Crippen LogP contribution in [0.1, 0.15) is 52.9 Å². The number of rotatable bonds is 6. The third-order valence-corrected chi connectivity index (χ3v) is 5.83. The maximum absolute atomic E-state index is 13.8. The van der Waals surface area contributed by atoms with Crippen molar-refractivity contribution in [2.45, 2.75) is 94.9 Å². The van der Waals surface area contributed by atoms with E-state index in [0.717, 1.165) is 6.92 Å². The summed E-state index contributed by atoms with van der Waals surface area (Å²) in [7, 11) is 0. The zero-order chi connectivity index (χ0) is 26.3. The predicted octanol–water partition coefficient (Wildman–Crippen LogP) is 6.90. The summed E-state index contributed by atoms with van der Waals surface area (Å²) in [6.45, 7) is 2.44. The average Bonchev–Trinajstić information content (AvgIpc) is 2.59. The third-order valence-electron chi connectivity index (χ3n) is 5.83. The smallest absolute Gasteiger partial charge is 0.437 e. The topological polar surface area (TPSA) is 35.5 Å². The summed E-state index contributed by atoms with van der Waals surface area (Å²) >= 11 is 0. The van der Waals surface area contributed by atoms with Crippen molar-refractivity contribution < 1.29 is 67.0 Å². The average molecular weight is 514 g/mol. The van der Waals surface area contributed by atoms with Crippen molar-refractivity contribution in [3.63, 3.8) is 0 Å². The van der Waals surface area contributed by atoms with Gasteiger partial charge in [0.1, 0.15) is 0 Å². The molecule has 15 heteroatoms. The van der Waals surface area contributed by atoms with E-state index in [-0.39, 0.29) is 13.3 Å². The van der Waals surface area contributed by atoms with Crippen LogP contribution in [0.25, 0.3) is 0 Å². The molecular formula is C18H22F12O3. The van der Waals surface area contributed by atoms with Gasteiger partial charge in [-0.25, -0.2) is 0 Å². The number of halogens is 12. The minimum atomic E-state index is -6.23. The molecule has 0 N–H and O–H groups in total. The van der Waals surface area contributed by atoms with Crippen LogP contribution in [-0.2, 0) is 14.3 Å². The Morgan fingerprint density at radius 1 is 0.727 bits per heavy atom. The molecule has 33 heavy (non-hydrogen) atoms. The van der Waals surface area contributed by atoms with Crippen LogP contribution < -0.4 is 0 Å². The van der Waals surface area contributed by atoms with Crippen molar-refractivity contribution in [1.29, 1.82) is 0 Å².